The highest BCUT2D eigenvalue weighted by atomic mass is 79.9. The number of carbonyl (C=O) groups is 1. The molecule has 0 fully saturated rings. The van der Waals surface area contributed by atoms with Crippen LogP contribution in [0.25, 0.3) is 21.7 Å². The fourth-order valence-electron chi connectivity index (χ4n) is 4.29. The van der Waals surface area contributed by atoms with Crippen LogP contribution in [0, 0.1) is 6.92 Å². The lowest BCUT2D eigenvalue weighted by Gasteiger charge is -2.11. The third-order valence-electron chi connectivity index (χ3n) is 5.97. The highest BCUT2D eigenvalue weighted by Gasteiger charge is 2.14. The SMILES string of the molecule is Cc1c(/C=N\NC(=O)c2ccccc2Br)c2ccccc2n1Cc1cccc2ccccc12. The minimum atomic E-state index is -0.254. The molecule has 0 spiro atoms. The fourth-order valence-corrected chi connectivity index (χ4v) is 4.75. The van der Waals surface area contributed by atoms with Crippen LogP contribution >= 0.6 is 15.9 Å². The Bertz CT molecular complexity index is 1510. The third-order valence-corrected chi connectivity index (χ3v) is 6.66. The van der Waals surface area contributed by atoms with Crippen molar-refractivity contribution < 1.29 is 4.79 Å². The first-order valence-electron chi connectivity index (χ1n) is 10.8. The van der Waals surface area contributed by atoms with Crippen molar-refractivity contribution in [1.82, 2.24) is 9.99 Å². The van der Waals surface area contributed by atoms with Gasteiger partial charge in [0, 0.05) is 33.2 Å². The lowest BCUT2D eigenvalue weighted by Crippen LogP contribution is -2.18. The van der Waals surface area contributed by atoms with E-state index in [4.69, 9.17) is 0 Å². The highest BCUT2D eigenvalue weighted by Crippen LogP contribution is 2.27. The fraction of sp³-hybridized carbons (Fsp3) is 0.0714. The van der Waals surface area contributed by atoms with Crippen molar-refractivity contribution in [3.05, 3.63) is 118 Å². The van der Waals surface area contributed by atoms with Crippen molar-refractivity contribution in [3.8, 4) is 0 Å². The Kier molecular flexibility index (Phi) is 5.80. The van der Waals surface area contributed by atoms with Crippen LogP contribution in [0.3, 0.4) is 0 Å². The Morgan fingerprint density at radius 1 is 0.909 bits per heavy atom. The van der Waals surface area contributed by atoms with Gasteiger partial charge in [0.2, 0.25) is 0 Å². The number of amides is 1. The Morgan fingerprint density at radius 3 is 2.45 bits per heavy atom. The summed E-state index contributed by atoms with van der Waals surface area (Å²) >= 11 is 3.41. The number of nitrogens with one attached hydrogen (secondary N) is 1. The molecule has 0 radical (unpaired) electrons. The van der Waals surface area contributed by atoms with Crippen LogP contribution in [-0.2, 0) is 6.54 Å². The molecule has 1 heterocycles. The normalized spacial score (nSPS) is 11.5. The summed E-state index contributed by atoms with van der Waals surface area (Å²) in [6, 6.07) is 30.5. The lowest BCUT2D eigenvalue weighted by molar-refractivity contribution is 0.0954. The first-order valence-corrected chi connectivity index (χ1v) is 11.5. The second-order valence-electron chi connectivity index (χ2n) is 7.92. The Labute approximate surface area is 200 Å². The zero-order chi connectivity index (χ0) is 22.8. The average Bonchev–Trinajstić information content (AvgIpc) is 3.10. The topological polar surface area (TPSA) is 46.4 Å². The van der Waals surface area contributed by atoms with Crippen LogP contribution in [0.4, 0.5) is 0 Å². The van der Waals surface area contributed by atoms with E-state index in [-0.39, 0.29) is 5.91 Å². The van der Waals surface area contributed by atoms with Crippen molar-refractivity contribution in [2.75, 3.05) is 0 Å². The van der Waals surface area contributed by atoms with E-state index in [1.807, 2.05) is 24.3 Å². The van der Waals surface area contributed by atoms with Gasteiger partial charge in [0.25, 0.3) is 5.91 Å². The van der Waals surface area contributed by atoms with Gasteiger partial charge in [-0.3, -0.25) is 4.79 Å². The molecule has 1 amide bonds. The van der Waals surface area contributed by atoms with Crippen LogP contribution in [0.15, 0.2) is 101 Å². The summed E-state index contributed by atoms with van der Waals surface area (Å²) in [6.07, 6.45) is 1.74. The molecule has 1 aromatic heterocycles. The largest absolute Gasteiger partial charge is 0.340 e. The number of hydrogen-bond donors (Lipinski definition) is 1. The molecular formula is C28H22BrN3O. The standard InChI is InChI=1S/C28H22BrN3O/c1-19-25(17-30-31-28(33)24-14-4-6-15-26(24)29)23-13-5-7-16-27(23)32(19)18-21-11-8-10-20-9-2-3-12-22(20)21/h2-17H,18H2,1H3,(H,31,33)/b30-17-. The number of rotatable bonds is 5. The van der Waals surface area contributed by atoms with Gasteiger partial charge < -0.3 is 4.57 Å². The average molecular weight is 496 g/mol. The van der Waals surface area contributed by atoms with E-state index in [0.29, 0.717) is 5.56 Å². The summed E-state index contributed by atoms with van der Waals surface area (Å²) in [6.45, 7) is 2.85. The van der Waals surface area contributed by atoms with Crippen LogP contribution in [0.5, 0.6) is 0 Å². The second kappa shape index (κ2) is 9.04. The molecule has 0 saturated heterocycles. The summed E-state index contributed by atoms with van der Waals surface area (Å²) in [5, 5.41) is 7.88. The molecule has 5 heteroatoms. The number of fused-ring (bicyclic) bond motifs is 2. The molecule has 0 saturated carbocycles. The van der Waals surface area contributed by atoms with Gasteiger partial charge in [0.1, 0.15) is 0 Å². The van der Waals surface area contributed by atoms with Crippen LogP contribution in [0.2, 0.25) is 0 Å². The first-order chi connectivity index (χ1) is 16.1. The lowest BCUT2D eigenvalue weighted by atomic mass is 10.0. The van der Waals surface area contributed by atoms with Crippen LogP contribution in [-0.4, -0.2) is 16.7 Å². The van der Waals surface area contributed by atoms with Crippen LogP contribution in [0.1, 0.15) is 27.2 Å². The third kappa shape index (κ3) is 4.08. The number of para-hydroxylation sites is 1. The molecule has 5 aromatic rings. The minimum absolute atomic E-state index is 0.254. The summed E-state index contributed by atoms with van der Waals surface area (Å²) < 4.78 is 3.05. The highest BCUT2D eigenvalue weighted by molar-refractivity contribution is 9.10. The van der Waals surface area contributed by atoms with Gasteiger partial charge in [-0.15, -0.1) is 0 Å². The van der Waals surface area contributed by atoms with Gasteiger partial charge in [-0.25, -0.2) is 5.43 Å². The predicted octanol–water partition coefficient (Wildman–Crippen LogP) is 6.68. The quantitative estimate of drug-likeness (QED) is 0.214. The van der Waals surface area contributed by atoms with Gasteiger partial charge in [-0.1, -0.05) is 72.8 Å². The van der Waals surface area contributed by atoms with E-state index < -0.39 is 0 Å². The van der Waals surface area contributed by atoms with Crippen molar-refractivity contribution >= 4 is 49.7 Å². The maximum absolute atomic E-state index is 12.5. The van der Waals surface area contributed by atoms with Gasteiger partial charge in [-0.2, -0.15) is 5.10 Å². The molecular weight excluding hydrogens is 474 g/mol. The predicted molar refractivity (Wildman–Crippen MR) is 139 cm³/mol. The second-order valence-corrected chi connectivity index (χ2v) is 8.77. The first kappa shape index (κ1) is 21.2. The summed E-state index contributed by atoms with van der Waals surface area (Å²) in [7, 11) is 0. The van der Waals surface area contributed by atoms with E-state index in [9.17, 15) is 4.79 Å². The van der Waals surface area contributed by atoms with E-state index in [1.54, 1.807) is 12.3 Å². The smallest absolute Gasteiger partial charge is 0.272 e. The van der Waals surface area contributed by atoms with Gasteiger partial charge in [0.15, 0.2) is 0 Å². The van der Waals surface area contributed by atoms with E-state index in [0.717, 1.165) is 33.2 Å². The molecule has 0 bridgehead atoms. The van der Waals surface area contributed by atoms with Gasteiger partial charge in [0.05, 0.1) is 11.8 Å². The Morgan fingerprint density at radius 2 is 1.61 bits per heavy atom. The molecule has 0 aliphatic rings. The van der Waals surface area contributed by atoms with Crippen molar-refractivity contribution in [1.29, 1.82) is 0 Å². The van der Waals surface area contributed by atoms with Crippen molar-refractivity contribution in [2.45, 2.75) is 13.5 Å². The molecule has 4 aromatic carbocycles. The molecule has 162 valence electrons. The number of nitrogens with zero attached hydrogens (tertiary/aromatic N) is 2. The Hall–Kier alpha value is -3.70. The maximum atomic E-state index is 12.5. The Balaban J connectivity index is 1.50. The van der Waals surface area contributed by atoms with Crippen molar-refractivity contribution in [3.63, 3.8) is 0 Å². The molecule has 4 nitrogen and oxygen atoms in total. The van der Waals surface area contributed by atoms with E-state index in [2.05, 4.69) is 98.6 Å². The summed E-state index contributed by atoms with van der Waals surface area (Å²) in [5.41, 5.74) is 7.71. The molecule has 0 unspecified atom stereocenters. The zero-order valence-corrected chi connectivity index (χ0v) is 19.7. The molecule has 0 aliphatic heterocycles. The van der Waals surface area contributed by atoms with Crippen LogP contribution < -0.4 is 5.43 Å². The number of aromatic nitrogens is 1. The maximum Gasteiger partial charge on any atom is 0.272 e. The van der Waals surface area contributed by atoms with E-state index >= 15 is 0 Å². The van der Waals surface area contributed by atoms with E-state index in [1.165, 1.54) is 16.3 Å². The number of benzene rings is 4. The number of hydrogen-bond acceptors (Lipinski definition) is 2. The number of carbonyl (C=O) groups excluding carboxylic acids is 1. The minimum Gasteiger partial charge on any atom is -0.340 e. The van der Waals surface area contributed by atoms with Gasteiger partial charge in [-0.05, 0) is 57.4 Å². The number of hydrazone groups is 1. The summed E-state index contributed by atoms with van der Waals surface area (Å²) in [4.78, 5) is 12.5. The molecule has 0 atom stereocenters. The molecule has 0 aliphatic carbocycles. The molecule has 33 heavy (non-hydrogen) atoms. The summed E-state index contributed by atoms with van der Waals surface area (Å²) in [5.74, 6) is -0.254. The van der Waals surface area contributed by atoms with Crippen molar-refractivity contribution in [2.24, 2.45) is 5.10 Å². The molecule has 5 rings (SSSR count). The number of halogens is 1. The monoisotopic (exact) mass is 495 g/mol. The zero-order valence-electron chi connectivity index (χ0n) is 18.1. The molecule has 1 N–H and O–H groups in total. The van der Waals surface area contributed by atoms with Gasteiger partial charge >= 0.3 is 0 Å².